The summed E-state index contributed by atoms with van der Waals surface area (Å²) < 4.78 is 44.6. The minimum Gasteiger partial charge on any atom is -0.465 e. The molecule has 8 heteroatoms. The van der Waals surface area contributed by atoms with Gasteiger partial charge < -0.3 is 9.84 Å². The van der Waals surface area contributed by atoms with Gasteiger partial charge in [0.15, 0.2) is 0 Å². The van der Waals surface area contributed by atoms with E-state index in [2.05, 4.69) is 9.46 Å². The fourth-order valence-electron chi connectivity index (χ4n) is 1.89. The molecule has 6 nitrogen and oxygen atoms in total. The summed E-state index contributed by atoms with van der Waals surface area (Å²) in [4.78, 5) is 11.1. The van der Waals surface area contributed by atoms with Crippen molar-refractivity contribution < 1.29 is 27.4 Å². The maximum atomic E-state index is 13.3. The number of hydrogen-bond donors (Lipinski definition) is 2. The zero-order valence-electron chi connectivity index (χ0n) is 11.4. The summed E-state index contributed by atoms with van der Waals surface area (Å²) in [5, 5.41) is 9.18. The lowest BCUT2D eigenvalue weighted by Gasteiger charge is -2.14. The largest absolute Gasteiger partial charge is 0.465 e. The maximum absolute atomic E-state index is 13.3. The highest BCUT2D eigenvalue weighted by Gasteiger charge is 2.43. The average Bonchev–Trinajstić information content (AvgIpc) is 3.25. The van der Waals surface area contributed by atoms with Crippen molar-refractivity contribution in [2.75, 3.05) is 20.3 Å². The molecule has 2 rings (SSSR count). The molecule has 1 aromatic carbocycles. The summed E-state index contributed by atoms with van der Waals surface area (Å²) in [5.41, 5.74) is -0.675. The molecule has 0 atom stereocenters. The van der Waals surface area contributed by atoms with Crippen LogP contribution >= 0.6 is 0 Å². The first kappa shape index (κ1) is 15.9. The molecule has 0 aromatic heterocycles. The standard InChI is InChI=1S/C13H16FNO5S/c1-20-12(17)10-3-2-9(14)6-11(10)21(18,19)15-7-13(8-16)4-5-13/h2-3,6,15-16H,4-5,7-8H2,1H3. The Morgan fingerprint density at radius 1 is 1.48 bits per heavy atom. The first-order valence-electron chi connectivity index (χ1n) is 6.32. The molecule has 116 valence electrons. The number of benzene rings is 1. The van der Waals surface area contributed by atoms with Crippen molar-refractivity contribution in [2.45, 2.75) is 17.7 Å². The molecule has 1 fully saturated rings. The maximum Gasteiger partial charge on any atom is 0.339 e. The summed E-state index contributed by atoms with van der Waals surface area (Å²) in [7, 11) is -2.96. The van der Waals surface area contributed by atoms with Gasteiger partial charge in [0.1, 0.15) is 5.82 Å². The van der Waals surface area contributed by atoms with E-state index in [0.29, 0.717) is 0 Å². The van der Waals surface area contributed by atoms with Gasteiger partial charge in [0.05, 0.1) is 17.6 Å². The molecule has 0 bridgehead atoms. The normalized spacial score (nSPS) is 16.5. The molecule has 0 aliphatic heterocycles. The lowest BCUT2D eigenvalue weighted by Crippen LogP contribution is -2.33. The summed E-state index contributed by atoms with van der Waals surface area (Å²) in [6, 6.07) is 2.82. The highest BCUT2D eigenvalue weighted by molar-refractivity contribution is 7.89. The van der Waals surface area contributed by atoms with E-state index in [-0.39, 0.29) is 18.7 Å². The molecule has 0 heterocycles. The molecule has 1 saturated carbocycles. The number of carbonyl (C=O) groups excluding carboxylic acids is 1. The van der Waals surface area contributed by atoms with Gasteiger partial charge in [0.25, 0.3) is 0 Å². The highest BCUT2D eigenvalue weighted by Crippen LogP contribution is 2.44. The number of rotatable bonds is 6. The van der Waals surface area contributed by atoms with E-state index in [1.165, 1.54) is 0 Å². The number of methoxy groups -OCH3 is 1. The molecule has 0 saturated heterocycles. The quantitative estimate of drug-likeness (QED) is 0.752. The van der Waals surface area contributed by atoms with Crippen molar-refractivity contribution in [3.8, 4) is 0 Å². The Bertz CT molecular complexity index is 655. The van der Waals surface area contributed by atoms with Crippen LogP contribution in [0.25, 0.3) is 0 Å². The van der Waals surface area contributed by atoms with Crippen LogP contribution in [-0.4, -0.2) is 39.8 Å². The Morgan fingerprint density at radius 3 is 2.67 bits per heavy atom. The van der Waals surface area contributed by atoms with Crippen LogP contribution in [0.4, 0.5) is 4.39 Å². The van der Waals surface area contributed by atoms with Gasteiger partial charge in [0.2, 0.25) is 10.0 Å². The Balaban J connectivity index is 2.30. The molecule has 2 N–H and O–H groups in total. The number of aliphatic hydroxyl groups is 1. The molecule has 1 aromatic rings. The molecule has 1 aliphatic rings. The van der Waals surface area contributed by atoms with Gasteiger partial charge in [0, 0.05) is 18.6 Å². The molecule has 21 heavy (non-hydrogen) atoms. The van der Waals surface area contributed by atoms with Gasteiger partial charge in [-0.25, -0.2) is 22.3 Å². The van der Waals surface area contributed by atoms with Crippen LogP contribution in [0.3, 0.4) is 0 Å². The smallest absolute Gasteiger partial charge is 0.339 e. The first-order valence-corrected chi connectivity index (χ1v) is 7.80. The zero-order valence-corrected chi connectivity index (χ0v) is 12.2. The second-order valence-corrected chi connectivity index (χ2v) is 6.85. The number of sulfonamides is 1. The third-order valence-corrected chi connectivity index (χ3v) is 5.01. The minimum absolute atomic E-state index is 0.0446. The number of esters is 1. The van der Waals surface area contributed by atoms with Gasteiger partial charge in [-0.05, 0) is 31.0 Å². The second-order valence-electron chi connectivity index (χ2n) is 5.11. The van der Waals surface area contributed by atoms with Crippen LogP contribution in [0.15, 0.2) is 23.1 Å². The Labute approximate surface area is 122 Å². The van der Waals surface area contributed by atoms with E-state index >= 15 is 0 Å². The van der Waals surface area contributed by atoms with Gasteiger partial charge in [-0.1, -0.05) is 0 Å². The molecule has 0 unspecified atom stereocenters. The van der Waals surface area contributed by atoms with Gasteiger partial charge in [-0.15, -0.1) is 0 Å². The molecule has 0 radical (unpaired) electrons. The van der Waals surface area contributed by atoms with Crippen LogP contribution in [0.2, 0.25) is 0 Å². The first-order chi connectivity index (χ1) is 9.83. The van der Waals surface area contributed by atoms with E-state index in [9.17, 15) is 22.7 Å². The van der Waals surface area contributed by atoms with Crippen LogP contribution in [0.1, 0.15) is 23.2 Å². The topological polar surface area (TPSA) is 92.7 Å². The molecule has 0 amide bonds. The lowest BCUT2D eigenvalue weighted by atomic mass is 10.1. The highest BCUT2D eigenvalue weighted by atomic mass is 32.2. The predicted octanol–water partition coefficient (Wildman–Crippen LogP) is 0.663. The Kier molecular flexibility index (Phi) is 4.31. The number of halogens is 1. The van der Waals surface area contributed by atoms with Crippen molar-refractivity contribution in [2.24, 2.45) is 5.41 Å². The average molecular weight is 317 g/mol. The summed E-state index contributed by atoms with van der Waals surface area (Å²) in [6.45, 7) is -0.0779. The number of hydrogen-bond acceptors (Lipinski definition) is 5. The third-order valence-electron chi connectivity index (χ3n) is 3.57. The van der Waals surface area contributed by atoms with Crippen molar-refractivity contribution >= 4 is 16.0 Å². The van der Waals surface area contributed by atoms with E-state index in [4.69, 9.17) is 0 Å². The monoisotopic (exact) mass is 317 g/mol. The fraction of sp³-hybridized carbons (Fsp3) is 0.462. The van der Waals surface area contributed by atoms with Crippen LogP contribution in [0, 0.1) is 11.2 Å². The molecule has 1 aliphatic carbocycles. The summed E-state index contributed by atoms with van der Waals surface area (Å²) in [5.74, 6) is -1.63. The van der Waals surface area contributed by atoms with E-state index in [1.54, 1.807) is 0 Å². The molecule has 0 spiro atoms. The second kappa shape index (κ2) is 5.70. The lowest BCUT2D eigenvalue weighted by molar-refractivity contribution is 0.0596. The summed E-state index contributed by atoms with van der Waals surface area (Å²) in [6.07, 6.45) is 1.44. The molecular formula is C13H16FNO5S. The van der Waals surface area contributed by atoms with E-state index < -0.39 is 32.1 Å². The van der Waals surface area contributed by atoms with Gasteiger partial charge in [-0.2, -0.15) is 0 Å². The van der Waals surface area contributed by atoms with Gasteiger partial charge >= 0.3 is 5.97 Å². The van der Waals surface area contributed by atoms with Gasteiger partial charge in [-0.3, -0.25) is 0 Å². The number of carbonyl (C=O) groups is 1. The van der Waals surface area contributed by atoms with Crippen molar-refractivity contribution in [3.63, 3.8) is 0 Å². The number of aliphatic hydroxyl groups excluding tert-OH is 1. The SMILES string of the molecule is COC(=O)c1ccc(F)cc1S(=O)(=O)NCC1(CO)CC1. The Morgan fingerprint density at radius 2 is 2.14 bits per heavy atom. The Hall–Kier alpha value is -1.51. The third kappa shape index (κ3) is 3.39. The van der Waals surface area contributed by atoms with Crippen LogP contribution < -0.4 is 4.72 Å². The van der Waals surface area contributed by atoms with Crippen LogP contribution in [-0.2, 0) is 14.8 Å². The van der Waals surface area contributed by atoms with Crippen LogP contribution in [0.5, 0.6) is 0 Å². The zero-order chi connectivity index (χ0) is 15.7. The van der Waals surface area contributed by atoms with E-state index in [1.807, 2.05) is 0 Å². The van der Waals surface area contributed by atoms with Crippen molar-refractivity contribution in [3.05, 3.63) is 29.6 Å². The fourth-order valence-corrected chi connectivity index (χ4v) is 3.25. The predicted molar refractivity (Wildman–Crippen MR) is 71.7 cm³/mol. The van der Waals surface area contributed by atoms with Crippen molar-refractivity contribution in [1.29, 1.82) is 0 Å². The molecular weight excluding hydrogens is 301 g/mol. The minimum atomic E-state index is -4.07. The number of ether oxygens (including phenoxy) is 1. The summed E-state index contributed by atoms with van der Waals surface area (Å²) >= 11 is 0. The van der Waals surface area contributed by atoms with Crippen molar-refractivity contribution in [1.82, 2.24) is 4.72 Å². The van der Waals surface area contributed by atoms with E-state index in [0.717, 1.165) is 38.2 Å². The number of nitrogens with one attached hydrogen (secondary N) is 1.